The van der Waals surface area contributed by atoms with Gasteiger partial charge in [0, 0.05) is 18.7 Å². The van der Waals surface area contributed by atoms with Gasteiger partial charge in [0.05, 0.1) is 22.2 Å². The molecule has 2 rings (SSSR count). The van der Waals surface area contributed by atoms with E-state index < -0.39 is 11.0 Å². The standard InChI is InChI=1S/C16H16ClN3O4/c1-2-24-13-6-3-11(4-7-13)10-18-16(21)19-15-9-12(20(22)23)5-8-14(15)17/h3-9H,2,10H2,1H3,(H2,18,19,21). The van der Waals surface area contributed by atoms with Gasteiger partial charge in [-0.05, 0) is 30.7 Å². The maximum absolute atomic E-state index is 11.9. The highest BCUT2D eigenvalue weighted by molar-refractivity contribution is 6.33. The summed E-state index contributed by atoms with van der Waals surface area (Å²) in [7, 11) is 0. The Morgan fingerprint density at radius 1 is 1.25 bits per heavy atom. The van der Waals surface area contributed by atoms with E-state index in [1.165, 1.54) is 18.2 Å². The van der Waals surface area contributed by atoms with Crippen LogP contribution in [-0.2, 0) is 6.54 Å². The first-order valence-corrected chi connectivity index (χ1v) is 7.58. The zero-order valence-corrected chi connectivity index (χ0v) is 13.7. The smallest absolute Gasteiger partial charge is 0.319 e. The normalized spacial score (nSPS) is 10.1. The molecule has 7 nitrogen and oxygen atoms in total. The van der Waals surface area contributed by atoms with Crippen molar-refractivity contribution in [1.29, 1.82) is 0 Å². The number of halogens is 1. The summed E-state index contributed by atoms with van der Waals surface area (Å²) in [4.78, 5) is 22.1. The zero-order chi connectivity index (χ0) is 17.5. The number of carbonyl (C=O) groups is 1. The number of hydrogen-bond donors (Lipinski definition) is 2. The molecule has 0 spiro atoms. The Kier molecular flexibility index (Phi) is 5.97. The third kappa shape index (κ3) is 4.85. The minimum absolute atomic E-state index is 0.152. The van der Waals surface area contributed by atoms with E-state index in [1.54, 1.807) is 0 Å². The summed E-state index contributed by atoms with van der Waals surface area (Å²) in [6.07, 6.45) is 0. The predicted molar refractivity (Wildman–Crippen MR) is 91.6 cm³/mol. The predicted octanol–water partition coefficient (Wildman–Crippen LogP) is 3.97. The number of anilines is 1. The van der Waals surface area contributed by atoms with Crippen LogP contribution >= 0.6 is 11.6 Å². The largest absolute Gasteiger partial charge is 0.494 e. The van der Waals surface area contributed by atoms with Crippen molar-refractivity contribution < 1.29 is 14.5 Å². The summed E-state index contributed by atoms with van der Waals surface area (Å²) >= 11 is 5.93. The number of nitro groups is 1. The van der Waals surface area contributed by atoms with Gasteiger partial charge in [-0.15, -0.1) is 0 Å². The summed E-state index contributed by atoms with van der Waals surface area (Å²) in [5, 5.41) is 16.1. The summed E-state index contributed by atoms with van der Waals surface area (Å²) in [5.41, 5.74) is 0.912. The second-order valence-corrected chi connectivity index (χ2v) is 5.21. The van der Waals surface area contributed by atoms with Crippen LogP contribution in [0, 0.1) is 10.1 Å². The lowest BCUT2D eigenvalue weighted by Gasteiger charge is -2.09. The molecule has 0 aliphatic rings. The molecule has 0 heterocycles. The molecule has 0 aliphatic carbocycles. The molecular formula is C16H16ClN3O4. The number of urea groups is 1. The quantitative estimate of drug-likeness (QED) is 0.609. The maximum atomic E-state index is 11.9. The first-order valence-electron chi connectivity index (χ1n) is 7.20. The minimum atomic E-state index is -0.556. The van der Waals surface area contributed by atoms with Gasteiger partial charge in [-0.1, -0.05) is 23.7 Å². The van der Waals surface area contributed by atoms with Crippen LogP contribution in [0.15, 0.2) is 42.5 Å². The summed E-state index contributed by atoms with van der Waals surface area (Å²) in [5.74, 6) is 0.758. The van der Waals surface area contributed by atoms with Crippen molar-refractivity contribution in [2.24, 2.45) is 0 Å². The second kappa shape index (κ2) is 8.16. The van der Waals surface area contributed by atoms with Crippen LogP contribution in [0.5, 0.6) is 5.75 Å². The summed E-state index contributed by atoms with van der Waals surface area (Å²) in [6, 6.07) is 10.6. The van der Waals surface area contributed by atoms with Crippen LogP contribution in [-0.4, -0.2) is 17.6 Å². The summed E-state index contributed by atoms with van der Waals surface area (Å²) in [6.45, 7) is 2.79. The molecule has 0 unspecified atom stereocenters. The third-order valence-electron chi connectivity index (χ3n) is 3.10. The fourth-order valence-electron chi connectivity index (χ4n) is 1.94. The van der Waals surface area contributed by atoms with Gasteiger partial charge >= 0.3 is 6.03 Å². The zero-order valence-electron chi connectivity index (χ0n) is 12.9. The van der Waals surface area contributed by atoms with E-state index in [1.807, 2.05) is 31.2 Å². The number of benzene rings is 2. The first kappa shape index (κ1) is 17.6. The van der Waals surface area contributed by atoms with Gasteiger partial charge in [-0.2, -0.15) is 0 Å². The Labute approximate surface area is 143 Å². The molecule has 0 atom stereocenters. The van der Waals surface area contributed by atoms with Gasteiger partial charge in [0.25, 0.3) is 5.69 Å². The van der Waals surface area contributed by atoms with E-state index in [0.717, 1.165) is 11.3 Å². The Bertz CT molecular complexity index is 735. The molecule has 0 bridgehead atoms. The van der Waals surface area contributed by atoms with Crippen LogP contribution in [0.1, 0.15) is 12.5 Å². The molecular weight excluding hydrogens is 334 g/mol. The fraction of sp³-hybridized carbons (Fsp3) is 0.188. The molecule has 0 saturated heterocycles. The highest BCUT2D eigenvalue weighted by Crippen LogP contribution is 2.26. The molecule has 2 aromatic rings. The van der Waals surface area contributed by atoms with Crippen molar-refractivity contribution in [2.45, 2.75) is 13.5 Å². The van der Waals surface area contributed by atoms with Crippen LogP contribution in [0.2, 0.25) is 5.02 Å². The lowest BCUT2D eigenvalue weighted by molar-refractivity contribution is -0.384. The number of ether oxygens (including phenoxy) is 1. The van der Waals surface area contributed by atoms with E-state index >= 15 is 0 Å². The monoisotopic (exact) mass is 349 g/mol. The molecule has 0 radical (unpaired) electrons. The van der Waals surface area contributed by atoms with Gasteiger partial charge in [0.2, 0.25) is 0 Å². The highest BCUT2D eigenvalue weighted by Gasteiger charge is 2.12. The van der Waals surface area contributed by atoms with Crippen molar-refractivity contribution in [3.63, 3.8) is 0 Å². The highest BCUT2D eigenvalue weighted by atomic mass is 35.5. The number of nitrogens with zero attached hydrogens (tertiary/aromatic N) is 1. The number of hydrogen-bond acceptors (Lipinski definition) is 4. The number of non-ortho nitro benzene ring substituents is 1. The van der Waals surface area contributed by atoms with Gasteiger partial charge < -0.3 is 15.4 Å². The number of amides is 2. The van der Waals surface area contributed by atoms with Crippen LogP contribution in [0.3, 0.4) is 0 Å². The van der Waals surface area contributed by atoms with Gasteiger partial charge in [0.1, 0.15) is 5.75 Å². The van der Waals surface area contributed by atoms with Crippen molar-refractivity contribution >= 4 is 29.0 Å². The number of nitro benzene ring substituents is 1. The summed E-state index contributed by atoms with van der Waals surface area (Å²) < 4.78 is 5.34. The second-order valence-electron chi connectivity index (χ2n) is 4.81. The Balaban J connectivity index is 1.93. The van der Waals surface area contributed by atoms with Crippen molar-refractivity contribution in [3.05, 3.63) is 63.2 Å². The Morgan fingerprint density at radius 3 is 2.58 bits per heavy atom. The molecule has 0 saturated carbocycles. The van der Waals surface area contributed by atoms with E-state index in [9.17, 15) is 14.9 Å². The molecule has 24 heavy (non-hydrogen) atoms. The molecule has 0 aliphatic heterocycles. The first-order chi connectivity index (χ1) is 11.5. The van der Waals surface area contributed by atoms with E-state index in [4.69, 9.17) is 16.3 Å². The third-order valence-corrected chi connectivity index (χ3v) is 3.43. The van der Waals surface area contributed by atoms with Gasteiger partial charge in [0.15, 0.2) is 0 Å². The molecule has 2 N–H and O–H groups in total. The van der Waals surface area contributed by atoms with Crippen LogP contribution in [0.25, 0.3) is 0 Å². The average Bonchev–Trinajstić information content (AvgIpc) is 2.56. The van der Waals surface area contributed by atoms with Crippen molar-refractivity contribution in [1.82, 2.24) is 5.32 Å². The van der Waals surface area contributed by atoms with Crippen molar-refractivity contribution in [2.75, 3.05) is 11.9 Å². The number of carbonyl (C=O) groups excluding carboxylic acids is 1. The molecule has 8 heteroatoms. The minimum Gasteiger partial charge on any atom is -0.494 e. The molecule has 126 valence electrons. The van der Waals surface area contributed by atoms with Gasteiger partial charge in [-0.25, -0.2) is 4.79 Å². The number of rotatable bonds is 6. The average molecular weight is 350 g/mol. The molecule has 2 amide bonds. The maximum Gasteiger partial charge on any atom is 0.319 e. The lowest BCUT2D eigenvalue weighted by atomic mass is 10.2. The SMILES string of the molecule is CCOc1ccc(CNC(=O)Nc2cc([N+](=O)[O-])ccc2Cl)cc1. The van der Waals surface area contributed by atoms with Crippen LogP contribution in [0.4, 0.5) is 16.2 Å². The fourth-order valence-corrected chi connectivity index (χ4v) is 2.11. The molecule has 0 fully saturated rings. The van der Waals surface area contributed by atoms with E-state index in [2.05, 4.69) is 10.6 Å². The number of nitrogens with one attached hydrogen (secondary N) is 2. The lowest BCUT2D eigenvalue weighted by Crippen LogP contribution is -2.28. The molecule has 0 aromatic heterocycles. The van der Waals surface area contributed by atoms with Crippen molar-refractivity contribution in [3.8, 4) is 5.75 Å². The topological polar surface area (TPSA) is 93.5 Å². The van der Waals surface area contributed by atoms with Gasteiger partial charge in [-0.3, -0.25) is 10.1 Å². The Hall–Kier alpha value is -2.80. The Morgan fingerprint density at radius 2 is 1.96 bits per heavy atom. The van der Waals surface area contributed by atoms with E-state index in [-0.39, 0.29) is 16.4 Å². The van der Waals surface area contributed by atoms with E-state index in [0.29, 0.717) is 13.2 Å². The molecule has 2 aromatic carbocycles. The van der Waals surface area contributed by atoms with Crippen LogP contribution < -0.4 is 15.4 Å².